The summed E-state index contributed by atoms with van der Waals surface area (Å²) in [6.45, 7) is 0.359. The van der Waals surface area contributed by atoms with Crippen LogP contribution in [-0.2, 0) is 16.0 Å². The number of ether oxygens (including phenoxy) is 1. The number of halogens is 2. The Labute approximate surface area is 180 Å². The van der Waals surface area contributed by atoms with Crippen LogP contribution in [-0.4, -0.2) is 58.6 Å². The van der Waals surface area contributed by atoms with E-state index < -0.39 is 29.9 Å². The van der Waals surface area contributed by atoms with Gasteiger partial charge >= 0.3 is 12.0 Å². The van der Waals surface area contributed by atoms with E-state index in [9.17, 15) is 14.0 Å². The Kier molecular flexibility index (Phi) is 7.18. The lowest BCUT2D eigenvalue weighted by Gasteiger charge is -2.36. The molecule has 2 heterocycles. The molecule has 1 aromatic heterocycles. The Balaban J connectivity index is 1.91. The lowest BCUT2D eigenvalue weighted by Crippen LogP contribution is -2.51. The van der Waals surface area contributed by atoms with Gasteiger partial charge in [-0.3, -0.25) is 0 Å². The van der Waals surface area contributed by atoms with E-state index in [4.69, 9.17) is 4.74 Å². The topological polar surface area (TPSA) is 87.3 Å². The number of amides is 2. The highest BCUT2D eigenvalue weighted by molar-refractivity contribution is 9.10. The molecule has 0 bridgehead atoms. The van der Waals surface area contributed by atoms with Gasteiger partial charge in [0.15, 0.2) is 0 Å². The molecule has 0 spiro atoms. The molecule has 0 aliphatic carbocycles. The molecule has 2 N–H and O–H groups in total. The summed E-state index contributed by atoms with van der Waals surface area (Å²) >= 11 is 4.83. The van der Waals surface area contributed by atoms with Crippen LogP contribution in [0, 0.1) is 5.82 Å². The molecule has 0 radical (unpaired) electrons. The molecule has 3 rings (SSSR count). The van der Waals surface area contributed by atoms with Crippen molar-refractivity contribution in [3.05, 3.63) is 51.8 Å². The minimum absolute atomic E-state index is 0.343. The van der Waals surface area contributed by atoms with Crippen LogP contribution in [0.5, 0.6) is 0 Å². The molecule has 2 aromatic rings. The molecule has 2 amide bonds. The average molecular weight is 485 g/mol. The number of hydrogen-bond acceptors (Lipinski definition) is 5. The lowest BCUT2D eigenvalue weighted by molar-refractivity contribution is -0.142. The number of thioether (sulfide) groups is 1. The Morgan fingerprint density at radius 3 is 3.00 bits per heavy atom. The molecule has 0 unspecified atom stereocenters. The minimum Gasteiger partial charge on any atom is -0.467 e. The molecular weight excluding hydrogens is 463 g/mol. The Morgan fingerprint density at radius 1 is 1.52 bits per heavy atom. The number of aromatic nitrogens is 2. The third-order valence-corrected chi connectivity index (χ3v) is 5.97. The van der Waals surface area contributed by atoms with Crippen LogP contribution in [0.15, 0.2) is 29.0 Å². The number of H-pyrrole nitrogens is 1. The number of fused-ring (bicyclic) bond motifs is 1. The molecule has 0 fully saturated rings. The van der Waals surface area contributed by atoms with Gasteiger partial charge in [-0.05, 0) is 30.6 Å². The number of nitrogens with zero attached hydrogens (tertiary/aromatic N) is 2. The monoisotopic (exact) mass is 484 g/mol. The smallest absolute Gasteiger partial charge is 0.328 e. The zero-order chi connectivity index (χ0) is 21.0. The molecule has 29 heavy (non-hydrogen) atoms. The second-order valence-electron chi connectivity index (χ2n) is 6.58. The highest BCUT2D eigenvalue weighted by Gasteiger charge is 2.37. The third kappa shape index (κ3) is 4.75. The molecule has 10 heteroatoms. The molecule has 1 aliphatic heterocycles. The lowest BCUT2D eigenvalue weighted by atomic mass is 9.95. The molecular formula is C19H22BrFN4O3S. The van der Waals surface area contributed by atoms with Gasteiger partial charge in [0, 0.05) is 28.7 Å². The van der Waals surface area contributed by atoms with Gasteiger partial charge < -0.3 is 19.9 Å². The maximum absolute atomic E-state index is 14.8. The Morgan fingerprint density at radius 2 is 2.31 bits per heavy atom. The summed E-state index contributed by atoms with van der Waals surface area (Å²) in [7, 11) is 1.29. The highest BCUT2D eigenvalue weighted by Crippen LogP contribution is 2.35. The van der Waals surface area contributed by atoms with E-state index in [-0.39, 0.29) is 0 Å². The molecule has 156 valence electrons. The fourth-order valence-corrected chi connectivity index (χ4v) is 4.20. The zero-order valence-electron chi connectivity index (χ0n) is 16.1. The fourth-order valence-electron chi connectivity index (χ4n) is 3.39. The third-order valence-electron chi connectivity index (χ3n) is 4.84. The normalized spacial score (nSPS) is 16.8. The largest absolute Gasteiger partial charge is 0.467 e. The number of carbonyl (C=O) groups is 2. The predicted octanol–water partition coefficient (Wildman–Crippen LogP) is 3.26. The number of nitrogens with one attached hydrogen (secondary N) is 2. The van der Waals surface area contributed by atoms with Crippen LogP contribution < -0.4 is 5.32 Å². The predicted molar refractivity (Wildman–Crippen MR) is 112 cm³/mol. The Bertz CT molecular complexity index is 894. The van der Waals surface area contributed by atoms with E-state index in [2.05, 4.69) is 31.2 Å². The first-order chi connectivity index (χ1) is 14.0. The number of benzene rings is 1. The van der Waals surface area contributed by atoms with Crippen molar-refractivity contribution in [3.8, 4) is 0 Å². The summed E-state index contributed by atoms with van der Waals surface area (Å²) in [5.74, 6) is -0.255. The summed E-state index contributed by atoms with van der Waals surface area (Å²) in [6, 6.07) is 2.81. The van der Waals surface area contributed by atoms with Gasteiger partial charge in [0.1, 0.15) is 17.9 Å². The summed E-state index contributed by atoms with van der Waals surface area (Å²) in [5.41, 5.74) is 1.81. The average Bonchev–Trinajstić information content (AvgIpc) is 3.19. The molecule has 1 aliphatic rings. The number of rotatable bonds is 6. The summed E-state index contributed by atoms with van der Waals surface area (Å²) in [4.78, 5) is 34.1. The maximum atomic E-state index is 14.8. The van der Waals surface area contributed by atoms with Gasteiger partial charge in [0.2, 0.25) is 0 Å². The quantitative estimate of drug-likeness (QED) is 0.614. The van der Waals surface area contributed by atoms with E-state index >= 15 is 0 Å². The number of aromatic amines is 1. The van der Waals surface area contributed by atoms with Gasteiger partial charge in [-0.15, -0.1) is 0 Å². The Hall–Kier alpha value is -2.07. The van der Waals surface area contributed by atoms with Crippen molar-refractivity contribution >= 4 is 39.7 Å². The first-order valence-corrected chi connectivity index (χ1v) is 11.3. The molecule has 1 aromatic carbocycles. The van der Waals surface area contributed by atoms with Crippen LogP contribution in [0.4, 0.5) is 9.18 Å². The highest BCUT2D eigenvalue weighted by atomic mass is 79.9. The van der Waals surface area contributed by atoms with E-state index in [1.165, 1.54) is 18.1 Å². The van der Waals surface area contributed by atoms with Crippen LogP contribution >= 0.6 is 27.7 Å². The number of esters is 1. The molecule has 0 saturated heterocycles. The molecule has 2 atom stereocenters. The van der Waals surface area contributed by atoms with Crippen molar-refractivity contribution in [2.45, 2.75) is 24.9 Å². The summed E-state index contributed by atoms with van der Waals surface area (Å²) in [5, 5.41) is 2.76. The standard InChI is InChI=1S/C19H22BrFN4O3S/c1-28-18(26)15(6-8-29-2)24-19(27)25-7-5-14-16(23-10-22-14)17(25)12-4-3-11(20)9-13(12)21/h3-4,9-10,15,17H,5-8H2,1-2H3,(H,22,23)(H,24,27)/t15-,17-/m1/s1. The van der Waals surface area contributed by atoms with Gasteiger partial charge in [0.25, 0.3) is 0 Å². The maximum Gasteiger partial charge on any atom is 0.328 e. The van der Waals surface area contributed by atoms with Crippen LogP contribution in [0.25, 0.3) is 0 Å². The van der Waals surface area contributed by atoms with Crippen molar-refractivity contribution < 1.29 is 18.7 Å². The number of imidazole rings is 1. The van der Waals surface area contributed by atoms with Crippen molar-refractivity contribution in [1.82, 2.24) is 20.2 Å². The van der Waals surface area contributed by atoms with Crippen molar-refractivity contribution in [1.29, 1.82) is 0 Å². The van der Waals surface area contributed by atoms with Crippen molar-refractivity contribution in [2.24, 2.45) is 0 Å². The van der Waals surface area contributed by atoms with Crippen LogP contribution in [0.1, 0.15) is 29.4 Å². The minimum atomic E-state index is -0.768. The van der Waals surface area contributed by atoms with Crippen molar-refractivity contribution in [3.63, 3.8) is 0 Å². The van der Waals surface area contributed by atoms with Crippen LogP contribution in [0.2, 0.25) is 0 Å². The fraction of sp³-hybridized carbons (Fsp3) is 0.421. The van der Waals surface area contributed by atoms with E-state index in [1.54, 1.807) is 30.2 Å². The van der Waals surface area contributed by atoms with E-state index in [0.29, 0.717) is 40.9 Å². The summed E-state index contributed by atoms with van der Waals surface area (Å²) < 4.78 is 20.2. The van der Waals surface area contributed by atoms with Crippen molar-refractivity contribution in [2.75, 3.05) is 25.7 Å². The number of carbonyl (C=O) groups excluding carboxylic acids is 2. The zero-order valence-corrected chi connectivity index (χ0v) is 18.5. The van der Waals surface area contributed by atoms with E-state index in [1.807, 2.05) is 6.26 Å². The van der Waals surface area contributed by atoms with Gasteiger partial charge in [-0.25, -0.2) is 19.0 Å². The van der Waals surface area contributed by atoms with Gasteiger partial charge in [-0.1, -0.05) is 22.0 Å². The molecule has 7 nitrogen and oxygen atoms in total. The first-order valence-electron chi connectivity index (χ1n) is 9.07. The van der Waals surface area contributed by atoms with E-state index in [0.717, 1.165) is 5.69 Å². The van der Waals surface area contributed by atoms with Gasteiger partial charge in [0.05, 0.1) is 19.1 Å². The summed E-state index contributed by atoms with van der Waals surface area (Å²) in [6.07, 6.45) is 4.47. The number of urea groups is 1. The number of hydrogen-bond donors (Lipinski definition) is 2. The van der Waals surface area contributed by atoms with Crippen LogP contribution in [0.3, 0.4) is 0 Å². The second-order valence-corrected chi connectivity index (χ2v) is 8.49. The number of methoxy groups -OCH3 is 1. The first kappa shape index (κ1) is 21.6. The molecule has 0 saturated carbocycles. The van der Waals surface area contributed by atoms with Gasteiger partial charge in [-0.2, -0.15) is 11.8 Å². The second kappa shape index (κ2) is 9.62. The SMILES string of the molecule is COC(=O)[C@@H](CCSC)NC(=O)N1CCc2[nH]cnc2[C@H]1c1ccc(Br)cc1F.